The number of hydrogen-bond donors (Lipinski definition) is 8. The Balaban J connectivity index is 1.03. The molecular weight excluding hydrogens is 801 g/mol. The Morgan fingerprint density at radius 2 is 1.37 bits per heavy atom. The molecule has 1 aliphatic heterocycles. The van der Waals surface area contributed by atoms with Crippen LogP contribution in [0.25, 0.3) is 54.6 Å². The number of carbonyl (C=O) groups excluding carboxylic acids is 1. The molecule has 15 nitrogen and oxygen atoms in total. The van der Waals surface area contributed by atoms with E-state index >= 15 is 0 Å². The molecule has 0 saturated carbocycles. The van der Waals surface area contributed by atoms with Gasteiger partial charge in [-0.3, -0.25) is 9.59 Å². The summed E-state index contributed by atoms with van der Waals surface area (Å²) in [5.41, 5.74) is 0.510. The van der Waals surface area contributed by atoms with E-state index in [1.807, 2.05) is 33.8 Å². The van der Waals surface area contributed by atoms with Crippen molar-refractivity contribution in [3.05, 3.63) is 100 Å². The molecule has 1 aromatic heterocycles. The molecular formula is C47H52N2O13. The van der Waals surface area contributed by atoms with Crippen LogP contribution in [0.5, 0.6) is 5.75 Å². The number of aliphatic hydroxyl groups excluding tert-OH is 4. The lowest BCUT2D eigenvalue weighted by Gasteiger charge is -2.40. The summed E-state index contributed by atoms with van der Waals surface area (Å²) in [5, 5.41) is 70.3. The number of hydrogen-bond acceptors (Lipinski definition) is 13. The first-order chi connectivity index (χ1) is 29.5. The molecule has 7 rings (SSSR count). The van der Waals surface area contributed by atoms with E-state index in [0.29, 0.717) is 74.1 Å². The highest BCUT2D eigenvalue weighted by atomic mass is 16.6. The van der Waals surface area contributed by atoms with Crippen molar-refractivity contribution in [2.45, 2.75) is 82.4 Å². The first-order valence-electron chi connectivity index (χ1n) is 20.5. The number of amides is 1. The number of carboxylic acid groups (broad SMARTS) is 1. The van der Waals surface area contributed by atoms with Crippen molar-refractivity contribution < 1.29 is 58.9 Å². The van der Waals surface area contributed by atoms with E-state index in [1.54, 1.807) is 48.5 Å². The van der Waals surface area contributed by atoms with E-state index in [1.165, 1.54) is 24.3 Å². The van der Waals surface area contributed by atoms with Crippen molar-refractivity contribution in [2.75, 3.05) is 32.9 Å². The Kier molecular flexibility index (Phi) is 13.0. The van der Waals surface area contributed by atoms with E-state index < -0.39 is 60.3 Å². The van der Waals surface area contributed by atoms with Gasteiger partial charge in [-0.1, -0.05) is 12.1 Å². The monoisotopic (exact) mass is 852 g/mol. The molecule has 62 heavy (non-hydrogen) atoms. The lowest BCUT2D eigenvalue weighted by atomic mass is 9.90. The predicted molar refractivity (Wildman–Crippen MR) is 232 cm³/mol. The van der Waals surface area contributed by atoms with Gasteiger partial charge in [0.2, 0.25) is 0 Å². The van der Waals surface area contributed by atoms with Crippen LogP contribution in [0.1, 0.15) is 61.3 Å². The van der Waals surface area contributed by atoms with Gasteiger partial charge in [0.05, 0.1) is 42.6 Å². The molecule has 5 atom stereocenters. The van der Waals surface area contributed by atoms with Crippen molar-refractivity contribution in [1.82, 2.24) is 10.6 Å². The molecule has 1 fully saturated rings. The number of rotatable bonds is 16. The summed E-state index contributed by atoms with van der Waals surface area (Å²) in [6.45, 7) is 8.18. The van der Waals surface area contributed by atoms with E-state index in [9.17, 15) is 45.0 Å². The number of phenolic OH excluding ortho intramolecular Hbond substituents is 1. The van der Waals surface area contributed by atoms with Gasteiger partial charge in [-0.25, -0.2) is 4.79 Å². The largest absolute Gasteiger partial charge is 0.508 e. The SMILES string of the molecule is CC(C)(CCNC(=O)c1ccc(C(=O)O)c(-c2c3ccc4cc(O)ccc4c3oc3c2ccc2cc(=O)ccc23)c1)OCCC(C)(C)OCCN[C@H]1C(O)O[C@H](CO)[C@@H](O)[C@@H]1O. The summed E-state index contributed by atoms with van der Waals surface area (Å²) in [6, 6.07) is 20.2. The zero-order chi connectivity index (χ0) is 44.5. The Morgan fingerprint density at radius 3 is 2.05 bits per heavy atom. The van der Waals surface area contributed by atoms with Gasteiger partial charge in [-0.15, -0.1) is 0 Å². The fourth-order valence-corrected chi connectivity index (χ4v) is 7.97. The van der Waals surface area contributed by atoms with E-state index in [2.05, 4.69) is 10.6 Å². The Labute approximate surface area is 356 Å². The average molecular weight is 853 g/mol. The van der Waals surface area contributed by atoms with Crippen LogP contribution in [0, 0.1) is 0 Å². The van der Waals surface area contributed by atoms with Gasteiger partial charge in [0.25, 0.3) is 5.91 Å². The number of carboxylic acids is 1. The van der Waals surface area contributed by atoms with Crippen LogP contribution in [0.3, 0.4) is 0 Å². The van der Waals surface area contributed by atoms with Crippen molar-refractivity contribution in [3.8, 4) is 16.9 Å². The first-order valence-corrected chi connectivity index (χ1v) is 20.5. The van der Waals surface area contributed by atoms with Gasteiger partial charge in [0, 0.05) is 45.8 Å². The second-order valence-corrected chi connectivity index (χ2v) is 16.9. The molecule has 15 heteroatoms. The van der Waals surface area contributed by atoms with Crippen LogP contribution in [0.4, 0.5) is 0 Å². The van der Waals surface area contributed by atoms with Crippen LogP contribution < -0.4 is 16.1 Å². The summed E-state index contributed by atoms with van der Waals surface area (Å²) in [5.74, 6) is -1.52. The van der Waals surface area contributed by atoms with Crippen LogP contribution in [0.2, 0.25) is 0 Å². The van der Waals surface area contributed by atoms with Gasteiger partial charge in [-0.2, -0.15) is 0 Å². The van der Waals surface area contributed by atoms with Gasteiger partial charge in [0.1, 0.15) is 35.2 Å². The Morgan fingerprint density at radius 1 is 0.742 bits per heavy atom. The second-order valence-electron chi connectivity index (χ2n) is 16.9. The minimum atomic E-state index is -1.42. The van der Waals surface area contributed by atoms with Crippen molar-refractivity contribution in [1.29, 1.82) is 0 Å². The van der Waals surface area contributed by atoms with E-state index in [0.717, 1.165) is 0 Å². The van der Waals surface area contributed by atoms with Crippen LogP contribution >= 0.6 is 0 Å². The summed E-state index contributed by atoms with van der Waals surface area (Å²) in [4.78, 5) is 38.8. The smallest absolute Gasteiger partial charge is 0.336 e. The first kappa shape index (κ1) is 44.6. The topological polar surface area (TPSA) is 237 Å². The molecule has 1 unspecified atom stereocenters. The molecule has 5 aromatic carbocycles. The van der Waals surface area contributed by atoms with Crippen LogP contribution in [-0.4, -0.2) is 117 Å². The number of aromatic carboxylic acids is 1. The third-order valence-electron chi connectivity index (χ3n) is 11.5. The zero-order valence-corrected chi connectivity index (χ0v) is 34.9. The zero-order valence-electron chi connectivity index (χ0n) is 34.9. The number of ether oxygens (including phenoxy) is 3. The van der Waals surface area contributed by atoms with Gasteiger partial charge >= 0.3 is 5.97 Å². The standard InChI is InChI=1S/C47H52N2O13/c1-46(2,59-19-16-47(3,4)60-20-18-48-38-40(54)39(53)36(24-50)61-45(38)58)15-17-49-43(55)27-7-10-32(44(56)57)35(23-27)37-33-11-5-25-21-28(51)8-13-30(25)41(33)62-42-31-14-9-29(52)22-26(31)6-12-34(37)42/h5-14,21-23,36,38-40,45,48,50-51,53-54,58H,15-20,24H2,1-4H3,(H,49,55)(H,56,57)/t36-,38-,39-,40-,45?/m1/s1. The maximum Gasteiger partial charge on any atom is 0.336 e. The highest BCUT2D eigenvalue weighted by Crippen LogP contribution is 2.43. The number of nitrogens with one attached hydrogen (secondary N) is 2. The van der Waals surface area contributed by atoms with Crippen molar-refractivity contribution in [3.63, 3.8) is 0 Å². The minimum Gasteiger partial charge on any atom is -0.508 e. The summed E-state index contributed by atoms with van der Waals surface area (Å²) in [7, 11) is 0. The molecule has 0 spiro atoms. The maximum atomic E-state index is 13.7. The Bertz CT molecular complexity index is 2690. The van der Waals surface area contributed by atoms with E-state index in [4.69, 9.17) is 18.6 Å². The number of fused-ring (bicyclic) bond motifs is 6. The lowest BCUT2D eigenvalue weighted by molar-refractivity contribution is -0.254. The minimum absolute atomic E-state index is 0.0259. The molecule has 0 radical (unpaired) electrons. The average Bonchev–Trinajstić information content (AvgIpc) is 3.22. The number of aromatic hydroxyl groups is 1. The quantitative estimate of drug-likeness (QED) is 0.0371. The lowest BCUT2D eigenvalue weighted by Crippen LogP contribution is -2.63. The van der Waals surface area contributed by atoms with Crippen molar-refractivity contribution >= 4 is 55.4 Å². The van der Waals surface area contributed by atoms with Crippen molar-refractivity contribution in [2.24, 2.45) is 0 Å². The fourth-order valence-electron chi connectivity index (χ4n) is 7.97. The third kappa shape index (κ3) is 9.45. The summed E-state index contributed by atoms with van der Waals surface area (Å²) >= 11 is 0. The number of phenols is 1. The maximum absolute atomic E-state index is 13.7. The molecule has 1 saturated heterocycles. The highest BCUT2D eigenvalue weighted by Gasteiger charge is 2.43. The summed E-state index contributed by atoms with van der Waals surface area (Å²) in [6.07, 6.45) is -4.22. The predicted octanol–water partition coefficient (Wildman–Crippen LogP) is 4.81. The normalized spacial score (nSPS) is 19.7. The van der Waals surface area contributed by atoms with E-state index in [-0.39, 0.29) is 42.0 Å². The molecule has 1 amide bonds. The molecule has 328 valence electrons. The fraction of sp³-hybridized carbons (Fsp3) is 0.383. The van der Waals surface area contributed by atoms with Crippen LogP contribution in [-0.2, 0) is 14.2 Å². The third-order valence-corrected chi connectivity index (χ3v) is 11.5. The molecule has 0 aliphatic carbocycles. The number of benzene rings is 5. The second kappa shape index (κ2) is 18.1. The number of aliphatic hydroxyl groups is 4. The molecule has 2 heterocycles. The van der Waals surface area contributed by atoms with Gasteiger partial charge < -0.3 is 59.9 Å². The van der Waals surface area contributed by atoms with Crippen LogP contribution in [0.15, 0.2) is 88.1 Å². The highest BCUT2D eigenvalue weighted by molar-refractivity contribution is 6.21. The molecule has 0 bridgehead atoms. The summed E-state index contributed by atoms with van der Waals surface area (Å²) < 4.78 is 24.0. The molecule has 8 N–H and O–H groups in total. The molecule has 1 aliphatic rings. The number of carbonyl (C=O) groups is 2. The molecule has 6 aromatic rings. The van der Waals surface area contributed by atoms with Gasteiger partial charge in [0.15, 0.2) is 11.7 Å². The van der Waals surface area contributed by atoms with Gasteiger partial charge in [-0.05, 0) is 124 Å². The Hall–Kier alpha value is -5.49.